The Labute approximate surface area is 91.9 Å². The Bertz CT molecular complexity index is 358. The summed E-state index contributed by atoms with van der Waals surface area (Å²) in [4.78, 5) is 0. The molecule has 0 bridgehead atoms. The highest BCUT2D eigenvalue weighted by Gasteiger charge is 2.33. The molecule has 1 aliphatic carbocycles. The van der Waals surface area contributed by atoms with E-state index in [-0.39, 0.29) is 0 Å². The van der Waals surface area contributed by atoms with Crippen LogP contribution in [0.5, 0.6) is 0 Å². The second kappa shape index (κ2) is 3.55. The molecule has 1 fully saturated rings. The van der Waals surface area contributed by atoms with Gasteiger partial charge in [0.25, 0.3) is 0 Å². The fourth-order valence-electron chi connectivity index (χ4n) is 3.29. The molecule has 1 aromatic rings. The van der Waals surface area contributed by atoms with Gasteiger partial charge in [-0.05, 0) is 30.4 Å². The average Bonchev–Trinajstić information content (AvgIpc) is 2.46. The molecule has 2 unspecified atom stereocenters. The van der Waals surface area contributed by atoms with Gasteiger partial charge in [-0.3, -0.25) is 0 Å². The largest absolute Gasteiger partial charge is 0.381 e. The lowest BCUT2D eigenvalue weighted by Crippen LogP contribution is -2.20. The molecule has 1 aliphatic heterocycles. The summed E-state index contributed by atoms with van der Waals surface area (Å²) in [7, 11) is 0. The van der Waals surface area contributed by atoms with Crippen LogP contribution in [0.1, 0.15) is 44.1 Å². The van der Waals surface area contributed by atoms with Gasteiger partial charge in [0.1, 0.15) is 0 Å². The monoisotopic (exact) mass is 201 g/mol. The van der Waals surface area contributed by atoms with Crippen LogP contribution in [0, 0.1) is 5.92 Å². The fraction of sp³-hybridized carbons (Fsp3) is 0.571. The molecule has 0 radical (unpaired) electrons. The van der Waals surface area contributed by atoms with Crippen molar-refractivity contribution < 1.29 is 0 Å². The topological polar surface area (TPSA) is 12.0 Å². The van der Waals surface area contributed by atoms with Crippen LogP contribution in [0.2, 0.25) is 0 Å². The van der Waals surface area contributed by atoms with Crippen LogP contribution in [-0.2, 0) is 0 Å². The Morgan fingerprint density at radius 2 is 2.07 bits per heavy atom. The van der Waals surface area contributed by atoms with E-state index in [9.17, 15) is 0 Å². The van der Waals surface area contributed by atoms with Crippen molar-refractivity contribution in [1.29, 1.82) is 0 Å². The van der Waals surface area contributed by atoms with Gasteiger partial charge in [0.15, 0.2) is 0 Å². The third kappa shape index (κ3) is 1.54. The van der Waals surface area contributed by atoms with Gasteiger partial charge >= 0.3 is 0 Å². The summed E-state index contributed by atoms with van der Waals surface area (Å²) >= 11 is 0. The summed E-state index contributed by atoms with van der Waals surface area (Å²) in [6.07, 6.45) is 5.54. The lowest BCUT2D eigenvalue weighted by Gasteiger charge is -2.18. The first-order valence-electron chi connectivity index (χ1n) is 6.20. The van der Waals surface area contributed by atoms with Gasteiger partial charge in [0, 0.05) is 17.6 Å². The van der Waals surface area contributed by atoms with Gasteiger partial charge in [-0.15, -0.1) is 0 Å². The maximum absolute atomic E-state index is 3.71. The highest BCUT2D eigenvalue weighted by atomic mass is 15.0. The van der Waals surface area contributed by atoms with Crippen LogP contribution in [0.25, 0.3) is 0 Å². The van der Waals surface area contributed by atoms with Gasteiger partial charge in [0.2, 0.25) is 0 Å². The van der Waals surface area contributed by atoms with E-state index in [1.54, 1.807) is 5.56 Å². The molecule has 1 saturated carbocycles. The maximum Gasteiger partial charge on any atom is 0.0378 e. The van der Waals surface area contributed by atoms with Gasteiger partial charge in [-0.25, -0.2) is 0 Å². The molecule has 1 N–H and O–H groups in total. The number of hydrogen-bond acceptors (Lipinski definition) is 1. The molecule has 0 aromatic heterocycles. The molecule has 1 heterocycles. The van der Waals surface area contributed by atoms with Gasteiger partial charge in [-0.1, -0.05) is 38.0 Å². The van der Waals surface area contributed by atoms with Crippen molar-refractivity contribution in [3.63, 3.8) is 0 Å². The number of anilines is 1. The summed E-state index contributed by atoms with van der Waals surface area (Å²) in [5, 5.41) is 3.71. The van der Waals surface area contributed by atoms with Crippen LogP contribution in [0.15, 0.2) is 24.3 Å². The number of nitrogens with one attached hydrogen (secondary N) is 1. The first-order chi connectivity index (χ1) is 7.34. The molecule has 80 valence electrons. The summed E-state index contributed by atoms with van der Waals surface area (Å²) < 4.78 is 0. The fourth-order valence-corrected chi connectivity index (χ4v) is 3.29. The minimum absolute atomic E-state index is 0.708. The minimum atomic E-state index is 0.708. The molecule has 1 heteroatoms. The molecule has 1 nitrogen and oxygen atoms in total. The van der Waals surface area contributed by atoms with Crippen molar-refractivity contribution in [1.82, 2.24) is 0 Å². The van der Waals surface area contributed by atoms with E-state index in [1.165, 1.54) is 31.4 Å². The summed E-state index contributed by atoms with van der Waals surface area (Å²) in [6, 6.07) is 9.56. The Morgan fingerprint density at radius 3 is 3.00 bits per heavy atom. The van der Waals surface area contributed by atoms with Crippen LogP contribution >= 0.6 is 0 Å². The van der Waals surface area contributed by atoms with Crippen LogP contribution in [-0.4, -0.2) is 6.04 Å². The Morgan fingerprint density at radius 1 is 1.20 bits per heavy atom. The highest BCUT2D eigenvalue weighted by molar-refractivity contribution is 5.59. The van der Waals surface area contributed by atoms with E-state index >= 15 is 0 Å². The van der Waals surface area contributed by atoms with E-state index in [0.29, 0.717) is 6.04 Å². The molecular weight excluding hydrogens is 182 g/mol. The summed E-state index contributed by atoms with van der Waals surface area (Å²) in [5.74, 6) is 1.67. The zero-order valence-electron chi connectivity index (χ0n) is 9.37. The number of hydrogen-bond donors (Lipinski definition) is 1. The van der Waals surface area contributed by atoms with Gasteiger partial charge < -0.3 is 5.32 Å². The summed E-state index contributed by atoms with van der Waals surface area (Å²) in [5.41, 5.74) is 2.96. The summed E-state index contributed by atoms with van der Waals surface area (Å²) in [6.45, 7) is 2.40. The standard InChI is InChI=1S/C14H19N/c1-10-5-4-7-12-11-6-2-3-8-13(11)15-14(12)9-10/h2-3,6,8,10,12,14-15H,4-5,7,9H2,1H3/t10?,12-,14?/m0/s1. The molecule has 0 spiro atoms. The molecular formula is C14H19N. The SMILES string of the molecule is CC1CCC[C@H]2c3ccccc3NC2C1. The highest BCUT2D eigenvalue weighted by Crippen LogP contribution is 2.43. The zero-order chi connectivity index (χ0) is 10.3. The Hall–Kier alpha value is -0.980. The number of fused-ring (bicyclic) bond motifs is 3. The van der Waals surface area contributed by atoms with Crippen molar-refractivity contribution >= 4 is 5.69 Å². The maximum atomic E-state index is 3.71. The third-order valence-corrected chi connectivity index (χ3v) is 4.06. The number of benzene rings is 1. The molecule has 0 amide bonds. The quantitative estimate of drug-likeness (QED) is 0.673. The van der Waals surface area contributed by atoms with E-state index < -0.39 is 0 Å². The molecule has 0 saturated heterocycles. The predicted octanol–water partition coefficient (Wildman–Crippen LogP) is 3.77. The van der Waals surface area contributed by atoms with Crippen molar-refractivity contribution in [3.05, 3.63) is 29.8 Å². The molecule has 15 heavy (non-hydrogen) atoms. The lowest BCUT2D eigenvalue weighted by atomic mass is 9.90. The van der Waals surface area contributed by atoms with E-state index in [4.69, 9.17) is 0 Å². The van der Waals surface area contributed by atoms with Crippen LogP contribution in [0.3, 0.4) is 0 Å². The molecule has 2 aliphatic rings. The smallest absolute Gasteiger partial charge is 0.0378 e. The molecule has 3 rings (SSSR count). The van der Waals surface area contributed by atoms with Crippen LogP contribution in [0.4, 0.5) is 5.69 Å². The second-order valence-corrected chi connectivity index (χ2v) is 5.22. The first kappa shape index (κ1) is 9.26. The van der Waals surface area contributed by atoms with Crippen molar-refractivity contribution in [2.75, 3.05) is 5.32 Å². The average molecular weight is 201 g/mol. The van der Waals surface area contributed by atoms with Gasteiger partial charge in [0.05, 0.1) is 0 Å². The van der Waals surface area contributed by atoms with Crippen molar-refractivity contribution in [2.24, 2.45) is 5.92 Å². The van der Waals surface area contributed by atoms with E-state index in [1.807, 2.05) is 0 Å². The number of rotatable bonds is 0. The first-order valence-corrected chi connectivity index (χ1v) is 6.20. The van der Waals surface area contributed by atoms with Crippen molar-refractivity contribution in [2.45, 2.75) is 44.6 Å². The predicted molar refractivity (Wildman–Crippen MR) is 64.2 cm³/mol. The van der Waals surface area contributed by atoms with Crippen molar-refractivity contribution in [3.8, 4) is 0 Å². The molecule has 3 atom stereocenters. The molecule has 1 aromatic carbocycles. The lowest BCUT2D eigenvalue weighted by molar-refractivity contribution is 0.477. The zero-order valence-corrected chi connectivity index (χ0v) is 9.37. The second-order valence-electron chi connectivity index (χ2n) is 5.22. The Balaban J connectivity index is 1.93. The Kier molecular flexibility index (Phi) is 2.19. The third-order valence-electron chi connectivity index (χ3n) is 4.06. The van der Waals surface area contributed by atoms with E-state index in [0.717, 1.165) is 11.8 Å². The minimum Gasteiger partial charge on any atom is -0.381 e. The van der Waals surface area contributed by atoms with E-state index in [2.05, 4.69) is 36.5 Å². The van der Waals surface area contributed by atoms with Gasteiger partial charge in [-0.2, -0.15) is 0 Å². The normalized spacial score (nSPS) is 33.8. The number of para-hydroxylation sites is 1. The van der Waals surface area contributed by atoms with Crippen LogP contribution < -0.4 is 5.32 Å².